The molecule has 0 bridgehead atoms. The summed E-state index contributed by atoms with van der Waals surface area (Å²) < 4.78 is 5.78. The maximum Gasteiger partial charge on any atom is 0.234 e. The minimum absolute atomic E-state index is 0.0922. The number of carbonyl (C=O) groups excluding carboxylic acids is 1. The van der Waals surface area contributed by atoms with E-state index >= 15 is 0 Å². The van der Waals surface area contributed by atoms with Crippen LogP contribution in [0, 0.1) is 11.3 Å². The molecule has 1 amide bonds. The van der Waals surface area contributed by atoms with Gasteiger partial charge in [0, 0.05) is 19.1 Å². The summed E-state index contributed by atoms with van der Waals surface area (Å²) >= 11 is 0. The van der Waals surface area contributed by atoms with Crippen molar-refractivity contribution in [2.24, 2.45) is 11.3 Å². The van der Waals surface area contributed by atoms with Crippen LogP contribution >= 0.6 is 0 Å². The van der Waals surface area contributed by atoms with Crippen LogP contribution in [0.5, 0.6) is 0 Å². The second-order valence-corrected chi connectivity index (χ2v) is 6.25. The van der Waals surface area contributed by atoms with Crippen LogP contribution in [0.2, 0.25) is 0 Å². The van der Waals surface area contributed by atoms with Gasteiger partial charge >= 0.3 is 0 Å². The van der Waals surface area contributed by atoms with Crippen molar-refractivity contribution < 1.29 is 9.53 Å². The number of rotatable bonds is 4. The first-order chi connectivity index (χ1) is 7.80. The Balaban J connectivity index is 2.38. The van der Waals surface area contributed by atoms with E-state index in [1.165, 1.54) is 0 Å². The predicted molar refractivity (Wildman–Crippen MR) is 68.9 cm³/mol. The lowest BCUT2D eigenvalue weighted by molar-refractivity contribution is -0.122. The topological polar surface area (TPSA) is 41.6 Å². The summed E-state index contributed by atoms with van der Waals surface area (Å²) in [6.07, 6.45) is 1.30. The molecule has 1 aliphatic rings. The van der Waals surface area contributed by atoms with Gasteiger partial charge in [-0.25, -0.2) is 0 Å². The maximum atomic E-state index is 11.6. The molecule has 100 valence electrons. The Labute approximate surface area is 105 Å². The van der Waals surface area contributed by atoms with Gasteiger partial charge < -0.3 is 15.0 Å². The van der Waals surface area contributed by atoms with Crippen molar-refractivity contribution in [1.29, 1.82) is 0 Å². The van der Waals surface area contributed by atoms with Crippen molar-refractivity contribution in [2.45, 2.75) is 33.3 Å². The summed E-state index contributed by atoms with van der Waals surface area (Å²) in [4.78, 5) is 13.4. The molecule has 1 rings (SSSR count). The fraction of sp³-hybridized carbons (Fsp3) is 0.923. The number of carbonyl (C=O) groups is 1. The lowest BCUT2D eigenvalue weighted by atomic mass is 9.81. The van der Waals surface area contributed by atoms with Crippen LogP contribution in [-0.4, -0.2) is 50.7 Å². The first-order valence-electron chi connectivity index (χ1n) is 6.33. The van der Waals surface area contributed by atoms with E-state index in [-0.39, 0.29) is 17.4 Å². The Morgan fingerprint density at radius 3 is 2.59 bits per heavy atom. The molecule has 0 unspecified atom stereocenters. The van der Waals surface area contributed by atoms with Gasteiger partial charge in [0.1, 0.15) is 0 Å². The zero-order valence-corrected chi connectivity index (χ0v) is 11.7. The number of likely N-dealkylation sites (N-methyl/N-ethyl adjacent to an activating group) is 1. The van der Waals surface area contributed by atoms with Gasteiger partial charge in [-0.05, 0) is 25.9 Å². The third kappa shape index (κ3) is 4.64. The van der Waals surface area contributed by atoms with E-state index in [4.69, 9.17) is 4.74 Å². The normalized spacial score (nSPS) is 25.3. The molecule has 4 heteroatoms. The number of nitrogens with zero attached hydrogens (tertiary/aromatic N) is 1. The monoisotopic (exact) mass is 242 g/mol. The molecule has 0 saturated carbocycles. The van der Waals surface area contributed by atoms with Crippen LogP contribution in [0.4, 0.5) is 0 Å². The molecule has 0 aliphatic carbocycles. The molecular weight excluding hydrogens is 216 g/mol. The second kappa shape index (κ2) is 5.83. The van der Waals surface area contributed by atoms with Crippen molar-refractivity contribution in [3.8, 4) is 0 Å². The third-order valence-electron chi connectivity index (χ3n) is 3.09. The van der Waals surface area contributed by atoms with Crippen LogP contribution < -0.4 is 5.32 Å². The maximum absolute atomic E-state index is 11.6. The number of hydrogen-bond donors (Lipinski definition) is 1. The summed E-state index contributed by atoms with van der Waals surface area (Å²) in [5.41, 5.74) is 0.146. The van der Waals surface area contributed by atoms with E-state index in [1.54, 1.807) is 0 Å². The fourth-order valence-electron chi connectivity index (χ4n) is 2.39. The Hall–Kier alpha value is -0.610. The van der Waals surface area contributed by atoms with Crippen molar-refractivity contribution in [2.75, 3.05) is 33.8 Å². The van der Waals surface area contributed by atoms with Gasteiger partial charge in [-0.1, -0.05) is 20.8 Å². The molecule has 1 N–H and O–H groups in total. The molecule has 2 atom stereocenters. The van der Waals surface area contributed by atoms with Crippen molar-refractivity contribution in [3.63, 3.8) is 0 Å². The zero-order chi connectivity index (χ0) is 13.1. The van der Waals surface area contributed by atoms with Gasteiger partial charge in [0.25, 0.3) is 0 Å². The number of nitrogens with one attached hydrogen (secondary N) is 1. The van der Waals surface area contributed by atoms with E-state index in [0.29, 0.717) is 12.5 Å². The molecule has 1 heterocycles. The van der Waals surface area contributed by atoms with E-state index in [0.717, 1.165) is 19.6 Å². The fourth-order valence-corrected chi connectivity index (χ4v) is 2.39. The number of ether oxygens (including phenoxy) is 1. The average molecular weight is 242 g/mol. The smallest absolute Gasteiger partial charge is 0.234 e. The molecule has 0 aromatic carbocycles. The van der Waals surface area contributed by atoms with Crippen LogP contribution in [0.3, 0.4) is 0 Å². The summed E-state index contributed by atoms with van der Waals surface area (Å²) in [5, 5.41) is 3.00. The van der Waals surface area contributed by atoms with Crippen molar-refractivity contribution >= 4 is 5.91 Å². The highest BCUT2D eigenvalue weighted by Crippen LogP contribution is 2.34. The predicted octanol–water partition coefficient (Wildman–Crippen LogP) is 1.12. The molecule has 1 fully saturated rings. The SMILES string of the molecule is CN(C)CC(=O)NC[C@H]1CCO[C@@H]1C(C)(C)C. The van der Waals surface area contributed by atoms with Crippen molar-refractivity contribution in [1.82, 2.24) is 10.2 Å². The van der Waals surface area contributed by atoms with E-state index in [9.17, 15) is 4.79 Å². The number of hydrogen-bond acceptors (Lipinski definition) is 3. The molecule has 1 aliphatic heterocycles. The molecule has 17 heavy (non-hydrogen) atoms. The molecule has 0 spiro atoms. The van der Waals surface area contributed by atoms with Gasteiger partial charge in [0.15, 0.2) is 0 Å². The molecule has 0 aromatic heterocycles. The second-order valence-electron chi connectivity index (χ2n) is 6.25. The first-order valence-corrected chi connectivity index (χ1v) is 6.33. The average Bonchev–Trinajstić information content (AvgIpc) is 2.60. The summed E-state index contributed by atoms with van der Waals surface area (Å²) in [6, 6.07) is 0. The van der Waals surface area contributed by atoms with Gasteiger partial charge in [0.2, 0.25) is 5.91 Å². The largest absolute Gasteiger partial charge is 0.377 e. The quantitative estimate of drug-likeness (QED) is 0.803. The summed E-state index contributed by atoms with van der Waals surface area (Å²) in [7, 11) is 3.80. The zero-order valence-electron chi connectivity index (χ0n) is 11.7. The Morgan fingerprint density at radius 1 is 1.41 bits per heavy atom. The third-order valence-corrected chi connectivity index (χ3v) is 3.09. The minimum atomic E-state index is 0.0922. The van der Waals surface area contributed by atoms with Crippen LogP contribution in [0.1, 0.15) is 27.2 Å². The molecule has 0 aromatic rings. The van der Waals surface area contributed by atoms with Gasteiger partial charge in [-0.15, -0.1) is 0 Å². The molecule has 0 radical (unpaired) electrons. The lowest BCUT2D eigenvalue weighted by Crippen LogP contribution is -2.41. The van der Waals surface area contributed by atoms with Crippen LogP contribution in [-0.2, 0) is 9.53 Å². The highest BCUT2D eigenvalue weighted by atomic mass is 16.5. The van der Waals surface area contributed by atoms with Crippen molar-refractivity contribution in [3.05, 3.63) is 0 Å². The molecule has 1 saturated heterocycles. The van der Waals surface area contributed by atoms with Gasteiger partial charge in [-0.2, -0.15) is 0 Å². The van der Waals surface area contributed by atoms with Crippen LogP contribution in [0.15, 0.2) is 0 Å². The Bertz CT molecular complexity index is 259. The van der Waals surface area contributed by atoms with Gasteiger partial charge in [-0.3, -0.25) is 4.79 Å². The lowest BCUT2D eigenvalue weighted by Gasteiger charge is -2.31. The summed E-state index contributed by atoms with van der Waals surface area (Å²) in [5.74, 6) is 0.538. The van der Waals surface area contributed by atoms with E-state index < -0.39 is 0 Å². The van der Waals surface area contributed by atoms with Crippen LogP contribution in [0.25, 0.3) is 0 Å². The number of amides is 1. The Kier molecular flexibility index (Phi) is 4.95. The first kappa shape index (κ1) is 14.5. The minimum Gasteiger partial charge on any atom is -0.377 e. The van der Waals surface area contributed by atoms with Gasteiger partial charge in [0.05, 0.1) is 12.6 Å². The van der Waals surface area contributed by atoms with E-state index in [1.807, 2.05) is 19.0 Å². The highest BCUT2D eigenvalue weighted by Gasteiger charge is 2.37. The molecular formula is C13H26N2O2. The molecule has 4 nitrogen and oxygen atoms in total. The summed E-state index contributed by atoms with van der Waals surface area (Å²) in [6.45, 7) is 8.57. The standard InChI is InChI=1S/C13H26N2O2/c1-13(2,3)12-10(6-7-17-12)8-14-11(16)9-15(4)5/h10,12H,6-9H2,1-5H3,(H,14,16)/t10-,12+/m1/s1. The highest BCUT2D eigenvalue weighted by molar-refractivity contribution is 5.77. The Morgan fingerprint density at radius 2 is 2.06 bits per heavy atom. The van der Waals surface area contributed by atoms with E-state index in [2.05, 4.69) is 26.1 Å².